The molecule has 0 amide bonds. The fraction of sp³-hybridized carbons (Fsp3) is 0.0364. The van der Waals surface area contributed by atoms with Crippen LogP contribution in [0.2, 0.25) is 0 Å². The van der Waals surface area contributed by atoms with E-state index in [9.17, 15) is 5.26 Å². The van der Waals surface area contributed by atoms with Crippen molar-refractivity contribution in [2.24, 2.45) is 0 Å². The second-order valence-electron chi connectivity index (χ2n) is 15.3. The van der Waals surface area contributed by atoms with E-state index in [1.54, 1.807) is 0 Å². The first-order valence-electron chi connectivity index (χ1n) is 20.1. The van der Waals surface area contributed by atoms with Gasteiger partial charge in [-0.15, -0.1) is 0 Å². The molecule has 6 heteroatoms. The molecular weight excluding hydrogens is 745 g/mol. The number of nitrogens with zero attached hydrogens (tertiary/aromatic N) is 6. The Morgan fingerprint density at radius 3 is 1.54 bits per heavy atom. The molecule has 0 aliphatic heterocycles. The lowest BCUT2D eigenvalue weighted by Crippen LogP contribution is -2.04. The number of benzene rings is 8. The summed E-state index contributed by atoms with van der Waals surface area (Å²) < 4.78 is 2.36. The molecule has 10 aromatic rings. The molecule has 0 bridgehead atoms. The first-order chi connectivity index (χ1) is 29.9. The summed E-state index contributed by atoms with van der Waals surface area (Å²) in [6, 6.07) is 64.1. The average Bonchev–Trinajstić information content (AvgIpc) is 3.64. The number of para-hydroxylation sites is 1. The van der Waals surface area contributed by atoms with Gasteiger partial charge in [0.2, 0.25) is 0 Å². The van der Waals surface area contributed by atoms with Crippen LogP contribution in [-0.2, 0) is 0 Å². The molecule has 61 heavy (non-hydrogen) atoms. The molecule has 286 valence electrons. The van der Waals surface area contributed by atoms with Crippen molar-refractivity contribution < 1.29 is 0 Å². The van der Waals surface area contributed by atoms with Gasteiger partial charge in [-0.05, 0) is 78.6 Å². The molecule has 0 unspecified atom stereocenters. The molecular formula is C55H36N6. The number of aryl methyl sites for hydroxylation is 2. The van der Waals surface area contributed by atoms with E-state index in [1.807, 2.05) is 109 Å². The predicted molar refractivity (Wildman–Crippen MR) is 247 cm³/mol. The first kappa shape index (κ1) is 36.9. The number of hydrogen-bond acceptors (Lipinski definition) is 4. The third-order valence-electron chi connectivity index (χ3n) is 11.2. The maximum atomic E-state index is 9.85. The molecule has 8 aromatic carbocycles. The zero-order valence-corrected chi connectivity index (χ0v) is 33.5. The summed E-state index contributed by atoms with van der Waals surface area (Å²) in [5, 5.41) is 12.1. The number of rotatable bonds is 7. The van der Waals surface area contributed by atoms with E-state index in [0.29, 0.717) is 28.7 Å². The minimum absolute atomic E-state index is 0.522. The molecule has 0 fully saturated rings. The van der Waals surface area contributed by atoms with Crippen molar-refractivity contribution in [2.45, 2.75) is 13.8 Å². The Hall–Kier alpha value is -8.45. The Labute approximate surface area is 354 Å². The maximum Gasteiger partial charge on any atom is 0.187 e. The van der Waals surface area contributed by atoms with Gasteiger partial charge in [-0.3, -0.25) is 0 Å². The van der Waals surface area contributed by atoms with Crippen LogP contribution in [0.25, 0.3) is 99.9 Å². The molecule has 0 N–H and O–H groups in total. The fourth-order valence-corrected chi connectivity index (χ4v) is 8.36. The van der Waals surface area contributed by atoms with Crippen LogP contribution >= 0.6 is 0 Å². The number of aromatic nitrogens is 4. The van der Waals surface area contributed by atoms with Crippen LogP contribution in [0.5, 0.6) is 0 Å². The Morgan fingerprint density at radius 1 is 0.459 bits per heavy atom. The lowest BCUT2D eigenvalue weighted by atomic mass is 9.92. The zero-order chi connectivity index (χ0) is 41.5. The van der Waals surface area contributed by atoms with Crippen LogP contribution in [0.4, 0.5) is 5.69 Å². The first-order valence-corrected chi connectivity index (χ1v) is 20.1. The summed E-state index contributed by atoms with van der Waals surface area (Å²) >= 11 is 0. The minimum Gasteiger partial charge on any atom is -0.308 e. The summed E-state index contributed by atoms with van der Waals surface area (Å²) in [6.45, 7) is 12.0. The lowest BCUT2D eigenvalue weighted by molar-refractivity contribution is 1.07. The minimum atomic E-state index is 0.522. The van der Waals surface area contributed by atoms with Crippen molar-refractivity contribution in [1.29, 1.82) is 5.26 Å². The van der Waals surface area contributed by atoms with E-state index in [2.05, 4.69) is 102 Å². The molecule has 2 aromatic heterocycles. The molecule has 0 saturated heterocycles. The van der Waals surface area contributed by atoms with E-state index in [0.717, 1.165) is 72.0 Å². The molecule has 2 heterocycles. The average molecular weight is 781 g/mol. The predicted octanol–water partition coefficient (Wildman–Crippen LogP) is 14.0. The van der Waals surface area contributed by atoms with Gasteiger partial charge in [-0.25, -0.2) is 19.8 Å². The van der Waals surface area contributed by atoms with E-state index in [1.165, 1.54) is 16.7 Å². The van der Waals surface area contributed by atoms with Crippen molar-refractivity contribution in [1.82, 2.24) is 19.5 Å². The normalized spacial score (nSPS) is 11.1. The van der Waals surface area contributed by atoms with E-state index < -0.39 is 0 Å². The third kappa shape index (κ3) is 6.89. The van der Waals surface area contributed by atoms with Crippen LogP contribution in [0.1, 0.15) is 16.7 Å². The van der Waals surface area contributed by atoms with Gasteiger partial charge in [-0.2, -0.15) is 5.26 Å². The molecule has 0 atom stereocenters. The summed E-state index contributed by atoms with van der Waals surface area (Å²) in [6.07, 6.45) is 0. The topological polar surface area (TPSA) is 71.8 Å². The van der Waals surface area contributed by atoms with E-state index in [-0.39, 0.29) is 0 Å². The Morgan fingerprint density at radius 2 is 0.967 bits per heavy atom. The molecule has 0 spiro atoms. The zero-order valence-electron chi connectivity index (χ0n) is 33.5. The van der Waals surface area contributed by atoms with Gasteiger partial charge in [0.1, 0.15) is 0 Å². The second kappa shape index (κ2) is 15.4. The van der Waals surface area contributed by atoms with Gasteiger partial charge in [0.15, 0.2) is 23.2 Å². The van der Waals surface area contributed by atoms with Crippen LogP contribution in [0, 0.1) is 31.8 Å². The van der Waals surface area contributed by atoms with Gasteiger partial charge in [0.25, 0.3) is 0 Å². The van der Waals surface area contributed by atoms with E-state index in [4.69, 9.17) is 21.5 Å². The third-order valence-corrected chi connectivity index (χ3v) is 11.2. The molecule has 0 saturated carbocycles. The highest BCUT2D eigenvalue weighted by molar-refractivity contribution is 6.12. The Bertz CT molecular complexity index is 3220. The highest BCUT2D eigenvalue weighted by Gasteiger charge is 2.23. The van der Waals surface area contributed by atoms with E-state index >= 15 is 0 Å². The molecule has 0 aliphatic rings. The second-order valence-corrected chi connectivity index (χ2v) is 15.3. The monoisotopic (exact) mass is 780 g/mol. The van der Waals surface area contributed by atoms with Crippen molar-refractivity contribution in [3.05, 3.63) is 210 Å². The van der Waals surface area contributed by atoms with Crippen LogP contribution in [-0.4, -0.2) is 19.5 Å². The van der Waals surface area contributed by atoms with Gasteiger partial charge >= 0.3 is 0 Å². The number of nitriles is 1. The largest absolute Gasteiger partial charge is 0.308 e. The highest BCUT2D eigenvalue weighted by Crippen LogP contribution is 2.45. The fourth-order valence-electron chi connectivity index (χ4n) is 8.36. The summed E-state index contributed by atoms with van der Waals surface area (Å²) in [4.78, 5) is 19.0. The van der Waals surface area contributed by atoms with Gasteiger partial charge in [-0.1, -0.05) is 151 Å². The number of fused-ring (bicyclic) bond motifs is 3. The Balaban J connectivity index is 1.31. The lowest BCUT2D eigenvalue weighted by Gasteiger charge is -2.21. The SMILES string of the molecule is [C-]#[N+]c1ccc(-c2cc(-c3nc(-c4ccccc4)nc(-c4ccccc4)n3)cc(-c3ccc(C#N)cc3)c2-n2c3ccccc3c3cc(-c4cc(C)cc(C)c4)ccc32)cc1. The van der Waals surface area contributed by atoms with Crippen LogP contribution in [0.3, 0.4) is 0 Å². The quantitative estimate of drug-likeness (QED) is 0.151. The van der Waals surface area contributed by atoms with Gasteiger partial charge in [0, 0.05) is 38.6 Å². The summed E-state index contributed by atoms with van der Waals surface area (Å²) in [7, 11) is 0. The standard InChI is InChI=1S/C55H36N6/c1-35-28-36(2)30-43(29-35)42-24-27-51-49(31-42)46-16-10-11-17-50(46)61(51)52-47(38-20-18-37(34-56)19-21-38)32-44(33-48(52)39-22-25-45(57-3)26-23-39)55-59-53(40-12-6-4-7-13-40)58-54(60-55)41-14-8-5-9-15-41/h4-33H,1-2H3. The Kier molecular flexibility index (Phi) is 9.29. The van der Waals surface area contributed by atoms with Gasteiger partial charge < -0.3 is 4.57 Å². The van der Waals surface area contributed by atoms with Gasteiger partial charge in [0.05, 0.1) is 34.9 Å². The number of hydrogen-bond donors (Lipinski definition) is 0. The highest BCUT2D eigenvalue weighted by atomic mass is 15.0. The van der Waals surface area contributed by atoms with Crippen molar-refractivity contribution in [3.8, 4) is 79.3 Å². The molecule has 0 radical (unpaired) electrons. The summed E-state index contributed by atoms with van der Waals surface area (Å²) in [5.74, 6) is 1.66. The maximum absolute atomic E-state index is 9.85. The van der Waals surface area contributed by atoms with Crippen molar-refractivity contribution in [2.75, 3.05) is 0 Å². The molecule has 6 nitrogen and oxygen atoms in total. The summed E-state index contributed by atoms with van der Waals surface area (Å²) in [5.41, 5.74) is 15.2. The van der Waals surface area contributed by atoms with Crippen molar-refractivity contribution in [3.63, 3.8) is 0 Å². The van der Waals surface area contributed by atoms with Crippen molar-refractivity contribution >= 4 is 27.5 Å². The molecule has 0 aliphatic carbocycles. The van der Waals surface area contributed by atoms with Crippen LogP contribution in [0.15, 0.2) is 182 Å². The molecule has 10 rings (SSSR count). The smallest absolute Gasteiger partial charge is 0.187 e. The van der Waals surface area contributed by atoms with Crippen LogP contribution < -0.4 is 0 Å².